The first-order chi connectivity index (χ1) is 9.83. The van der Waals surface area contributed by atoms with E-state index in [0.29, 0.717) is 6.10 Å². The topological polar surface area (TPSA) is 47.3 Å². The van der Waals surface area contributed by atoms with E-state index in [4.69, 9.17) is 10.5 Å². The van der Waals surface area contributed by atoms with Gasteiger partial charge in [-0.3, -0.25) is 0 Å². The summed E-state index contributed by atoms with van der Waals surface area (Å²) < 4.78 is 5.72. The fourth-order valence-corrected chi connectivity index (χ4v) is 2.79. The summed E-state index contributed by atoms with van der Waals surface area (Å²) >= 11 is 0. The molecule has 1 atom stereocenters. The summed E-state index contributed by atoms with van der Waals surface area (Å²) in [4.78, 5) is 0. The largest absolute Gasteiger partial charge is 0.398 e. The molecule has 0 saturated carbocycles. The molecule has 3 rings (SSSR count). The van der Waals surface area contributed by atoms with Crippen LogP contribution in [0.1, 0.15) is 24.8 Å². The number of fused-ring (bicyclic) bond motifs is 1. The summed E-state index contributed by atoms with van der Waals surface area (Å²) in [6.07, 6.45) is 4.02. The number of nitrogens with one attached hydrogen (secondary N) is 1. The van der Waals surface area contributed by atoms with Gasteiger partial charge in [0.25, 0.3) is 0 Å². The van der Waals surface area contributed by atoms with Gasteiger partial charge in [0.1, 0.15) is 0 Å². The highest BCUT2D eigenvalue weighted by Crippen LogP contribution is 2.21. The molecule has 1 aliphatic rings. The van der Waals surface area contributed by atoms with Gasteiger partial charge in [0, 0.05) is 25.4 Å². The van der Waals surface area contributed by atoms with Gasteiger partial charge in [0.15, 0.2) is 0 Å². The normalized spacial score (nSPS) is 19.3. The van der Waals surface area contributed by atoms with Crippen molar-refractivity contribution in [3.8, 4) is 0 Å². The quantitative estimate of drug-likeness (QED) is 0.839. The second-order valence-corrected chi connectivity index (χ2v) is 5.52. The Morgan fingerprint density at radius 1 is 1.15 bits per heavy atom. The monoisotopic (exact) mass is 270 g/mol. The molecule has 0 aromatic heterocycles. The van der Waals surface area contributed by atoms with E-state index in [2.05, 4.69) is 35.6 Å². The standard InChI is InChI=1S/C17H22N2O/c18-17-10-14-6-2-1-5-13(14)9-15(17)11-19-12-16-7-3-4-8-20-16/h1-2,5-6,9-10,16,19H,3-4,7-8,11-12,18H2. The first-order valence-electron chi connectivity index (χ1n) is 7.42. The van der Waals surface area contributed by atoms with Gasteiger partial charge in [-0.25, -0.2) is 0 Å². The first kappa shape index (κ1) is 13.4. The summed E-state index contributed by atoms with van der Waals surface area (Å²) in [7, 11) is 0. The predicted octanol–water partition coefficient (Wildman–Crippen LogP) is 3.08. The van der Waals surface area contributed by atoms with E-state index in [9.17, 15) is 0 Å². The number of anilines is 1. The number of benzene rings is 2. The third-order valence-electron chi connectivity index (χ3n) is 3.97. The van der Waals surface area contributed by atoms with E-state index < -0.39 is 0 Å². The molecule has 1 fully saturated rings. The number of nitrogen functional groups attached to an aromatic ring is 1. The second kappa shape index (κ2) is 6.25. The molecule has 0 bridgehead atoms. The maximum atomic E-state index is 6.13. The van der Waals surface area contributed by atoms with E-state index in [1.54, 1.807) is 0 Å². The lowest BCUT2D eigenvalue weighted by Crippen LogP contribution is -2.31. The van der Waals surface area contributed by atoms with Gasteiger partial charge >= 0.3 is 0 Å². The van der Waals surface area contributed by atoms with Crippen molar-refractivity contribution in [3.63, 3.8) is 0 Å². The molecule has 1 unspecified atom stereocenters. The average molecular weight is 270 g/mol. The number of ether oxygens (including phenoxy) is 1. The molecule has 3 heteroatoms. The van der Waals surface area contributed by atoms with Gasteiger partial charge in [-0.05, 0) is 47.7 Å². The molecule has 106 valence electrons. The van der Waals surface area contributed by atoms with Crippen molar-refractivity contribution in [3.05, 3.63) is 42.0 Å². The van der Waals surface area contributed by atoms with Crippen molar-refractivity contribution in [2.24, 2.45) is 0 Å². The maximum Gasteiger partial charge on any atom is 0.0699 e. The Kier molecular flexibility index (Phi) is 4.19. The lowest BCUT2D eigenvalue weighted by molar-refractivity contribution is 0.0168. The molecule has 0 amide bonds. The highest BCUT2D eigenvalue weighted by atomic mass is 16.5. The van der Waals surface area contributed by atoms with Gasteiger partial charge < -0.3 is 15.8 Å². The molecule has 1 saturated heterocycles. The Labute approximate surface area is 120 Å². The molecule has 20 heavy (non-hydrogen) atoms. The molecule has 0 aliphatic carbocycles. The number of hydrogen-bond donors (Lipinski definition) is 2. The Morgan fingerprint density at radius 3 is 2.70 bits per heavy atom. The fourth-order valence-electron chi connectivity index (χ4n) is 2.79. The molecule has 2 aromatic rings. The van der Waals surface area contributed by atoms with Gasteiger partial charge in [-0.15, -0.1) is 0 Å². The minimum atomic E-state index is 0.366. The molecule has 0 spiro atoms. The van der Waals surface area contributed by atoms with Crippen molar-refractivity contribution in [1.29, 1.82) is 0 Å². The van der Waals surface area contributed by atoms with E-state index in [1.165, 1.54) is 35.6 Å². The molecule has 3 N–H and O–H groups in total. The lowest BCUT2D eigenvalue weighted by Gasteiger charge is -2.23. The van der Waals surface area contributed by atoms with Crippen LogP contribution in [0.15, 0.2) is 36.4 Å². The summed E-state index contributed by atoms with van der Waals surface area (Å²) in [6.45, 7) is 2.62. The van der Waals surface area contributed by atoms with Crippen LogP contribution in [0.4, 0.5) is 5.69 Å². The zero-order chi connectivity index (χ0) is 13.8. The van der Waals surface area contributed by atoms with Gasteiger partial charge in [-0.1, -0.05) is 24.3 Å². The minimum absolute atomic E-state index is 0.366. The Bertz CT molecular complexity index is 576. The van der Waals surface area contributed by atoms with Crippen molar-refractivity contribution in [2.45, 2.75) is 31.9 Å². The minimum Gasteiger partial charge on any atom is -0.398 e. The summed E-state index contributed by atoms with van der Waals surface area (Å²) in [6, 6.07) is 12.6. The summed E-state index contributed by atoms with van der Waals surface area (Å²) in [5, 5.41) is 5.91. The van der Waals surface area contributed by atoms with Crippen LogP contribution in [0.3, 0.4) is 0 Å². The fraction of sp³-hybridized carbons (Fsp3) is 0.412. The van der Waals surface area contributed by atoms with Gasteiger partial charge in [0.2, 0.25) is 0 Å². The smallest absolute Gasteiger partial charge is 0.0699 e. The van der Waals surface area contributed by atoms with Gasteiger partial charge in [0.05, 0.1) is 6.10 Å². The Balaban J connectivity index is 1.63. The average Bonchev–Trinajstić information content (AvgIpc) is 2.49. The zero-order valence-electron chi connectivity index (χ0n) is 11.8. The lowest BCUT2D eigenvalue weighted by atomic mass is 10.0. The molecular formula is C17H22N2O. The van der Waals surface area contributed by atoms with Crippen LogP contribution in [0.25, 0.3) is 10.8 Å². The van der Waals surface area contributed by atoms with Crippen molar-refractivity contribution < 1.29 is 4.74 Å². The molecule has 3 nitrogen and oxygen atoms in total. The van der Waals surface area contributed by atoms with Crippen LogP contribution in [-0.2, 0) is 11.3 Å². The van der Waals surface area contributed by atoms with Crippen LogP contribution in [-0.4, -0.2) is 19.3 Å². The second-order valence-electron chi connectivity index (χ2n) is 5.52. The first-order valence-corrected chi connectivity index (χ1v) is 7.42. The molecule has 2 aromatic carbocycles. The van der Waals surface area contributed by atoms with E-state index in [-0.39, 0.29) is 0 Å². The highest BCUT2D eigenvalue weighted by Gasteiger charge is 2.13. The number of nitrogens with two attached hydrogens (primary N) is 1. The number of hydrogen-bond acceptors (Lipinski definition) is 3. The van der Waals surface area contributed by atoms with Crippen LogP contribution >= 0.6 is 0 Å². The van der Waals surface area contributed by atoms with E-state index in [0.717, 1.165) is 25.4 Å². The van der Waals surface area contributed by atoms with Crippen LogP contribution in [0.2, 0.25) is 0 Å². The van der Waals surface area contributed by atoms with Crippen LogP contribution in [0.5, 0.6) is 0 Å². The summed E-state index contributed by atoms with van der Waals surface area (Å²) in [5.74, 6) is 0. The molecule has 0 radical (unpaired) electrons. The van der Waals surface area contributed by atoms with E-state index in [1.807, 2.05) is 6.07 Å². The van der Waals surface area contributed by atoms with E-state index >= 15 is 0 Å². The highest BCUT2D eigenvalue weighted by molar-refractivity contribution is 5.86. The van der Waals surface area contributed by atoms with Crippen LogP contribution in [0, 0.1) is 0 Å². The molecular weight excluding hydrogens is 248 g/mol. The maximum absolute atomic E-state index is 6.13. The predicted molar refractivity (Wildman–Crippen MR) is 83.7 cm³/mol. The third-order valence-corrected chi connectivity index (χ3v) is 3.97. The Morgan fingerprint density at radius 2 is 1.95 bits per heavy atom. The van der Waals surface area contributed by atoms with Crippen molar-refractivity contribution in [2.75, 3.05) is 18.9 Å². The molecule has 1 aliphatic heterocycles. The SMILES string of the molecule is Nc1cc2ccccc2cc1CNCC1CCCCO1. The number of rotatable bonds is 4. The Hall–Kier alpha value is -1.58. The summed E-state index contributed by atoms with van der Waals surface area (Å²) in [5.41, 5.74) is 8.16. The van der Waals surface area contributed by atoms with Crippen molar-refractivity contribution in [1.82, 2.24) is 5.32 Å². The zero-order valence-corrected chi connectivity index (χ0v) is 11.8. The van der Waals surface area contributed by atoms with Crippen LogP contribution < -0.4 is 11.1 Å². The third kappa shape index (κ3) is 3.11. The molecule has 1 heterocycles. The van der Waals surface area contributed by atoms with Gasteiger partial charge in [-0.2, -0.15) is 0 Å². The van der Waals surface area contributed by atoms with Crippen molar-refractivity contribution >= 4 is 16.5 Å².